The summed E-state index contributed by atoms with van der Waals surface area (Å²) >= 11 is 0. The van der Waals surface area contributed by atoms with Crippen LogP contribution < -0.4 is 17.2 Å². The first-order valence-electron chi connectivity index (χ1n) is 5.17. The predicted octanol–water partition coefficient (Wildman–Crippen LogP) is -0.202. The van der Waals surface area contributed by atoms with Crippen LogP contribution >= 0.6 is 0 Å². The van der Waals surface area contributed by atoms with Gasteiger partial charge in [0.05, 0.1) is 6.54 Å². The second kappa shape index (κ2) is 5.20. The first-order valence-corrected chi connectivity index (χ1v) is 5.17. The summed E-state index contributed by atoms with van der Waals surface area (Å²) in [6.07, 6.45) is 0. The lowest BCUT2D eigenvalue weighted by atomic mass is 10.1. The van der Waals surface area contributed by atoms with Gasteiger partial charge in [-0.05, 0) is 25.1 Å². The van der Waals surface area contributed by atoms with Gasteiger partial charge in [0.2, 0.25) is 5.91 Å². The number of nitrogens with zero attached hydrogens (tertiary/aromatic N) is 1. The summed E-state index contributed by atoms with van der Waals surface area (Å²) in [5, 5.41) is 0. The van der Waals surface area contributed by atoms with Crippen LogP contribution in [0.2, 0.25) is 0 Å². The van der Waals surface area contributed by atoms with Crippen molar-refractivity contribution in [2.75, 3.05) is 24.6 Å². The van der Waals surface area contributed by atoms with Crippen LogP contribution in [0.5, 0.6) is 0 Å². The number of anilines is 2. The number of hydrogen-bond donors (Lipinski definition) is 3. The summed E-state index contributed by atoms with van der Waals surface area (Å²) in [5.41, 5.74) is 17.4. The Morgan fingerprint density at radius 3 is 2.12 bits per heavy atom. The second-order valence-electron chi connectivity index (χ2n) is 3.67. The number of benzene rings is 1. The Kier molecular flexibility index (Phi) is 3.92. The minimum Gasteiger partial charge on any atom is -0.399 e. The van der Waals surface area contributed by atoms with E-state index in [2.05, 4.69) is 0 Å². The van der Waals surface area contributed by atoms with Crippen molar-refractivity contribution in [2.45, 2.75) is 6.92 Å². The maximum atomic E-state index is 12.0. The van der Waals surface area contributed by atoms with Crippen molar-refractivity contribution >= 4 is 23.2 Å². The Bertz CT molecular complexity index is 425. The minimum absolute atomic E-state index is 0.121. The van der Waals surface area contributed by atoms with Gasteiger partial charge in [0.15, 0.2) is 0 Å². The molecular formula is C11H16N4O2. The number of rotatable bonds is 4. The molecule has 6 heteroatoms. The van der Waals surface area contributed by atoms with Crippen LogP contribution in [0.15, 0.2) is 18.2 Å². The zero-order valence-corrected chi connectivity index (χ0v) is 9.64. The first-order chi connectivity index (χ1) is 7.93. The highest BCUT2D eigenvalue weighted by molar-refractivity contribution is 5.97. The highest BCUT2D eigenvalue weighted by Crippen LogP contribution is 2.15. The number of amides is 2. The molecule has 0 atom stereocenters. The van der Waals surface area contributed by atoms with Crippen molar-refractivity contribution in [3.8, 4) is 0 Å². The summed E-state index contributed by atoms with van der Waals surface area (Å²) in [7, 11) is 0. The number of likely N-dealkylation sites (N-methyl/N-ethyl adjacent to an activating group) is 1. The van der Waals surface area contributed by atoms with E-state index >= 15 is 0 Å². The lowest BCUT2D eigenvalue weighted by molar-refractivity contribution is -0.118. The van der Waals surface area contributed by atoms with E-state index in [4.69, 9.17) is 17.2 Å². The first kappa shape index (κ1) is 12.8. The van der Waals surface area contributed by atoms with E-state index in [1.54, 1.807) is 13.0 Å². The van der Waals surface area contributed by atoms with Crippen LogP contribution in [0.1, 0.15) is 17.3 Å². The largest absolute Gasteiger partial charge is 0.399 e. The molecule has 2 amide bonds. The molecular weight excluding hydrogens is 220 g/mol. The molecule has 0 aromatic heterocycles. The fraction of sp³-hybridized carbons (Fsp3) is 0.273. The molecule has 92 valence electrons. The molecule has 0 aliphatic rings. The topological polar surface area (TPSA) is 115 Å². The van der Waals surface area contributed by atoms with Crippen molar-refractivity contribution < 1.29 is 9.59 Å². The molecule has 0 radical (unpaired) electrons. The fourth-order valence-corrected chi connectivity index (χ4v) is 1.50. The van der Waals surface area contributed by atoms with E-state index in [9.17, 15) is 9.59 Å². The fourth-order valence-electron chi connectivity index (χ4n) is 1.50. The van der Waals surface area contributed by atoms with E-state index < -0.39 is 5.91 Å². The van der Waals surface area contributed by atoms with Gasteiger partial charge in [0.1, 0.15) is 0 Å². The van der Waals surface area contributed by atoms with Crippen LogP contribution in [0, 0.1) is 0 Å². The second-order valence-corrected chi connectivity index (χ2v) is 3.67. The number of nitrogen functional groups attached to an aromatic ring is 2. The normalized spacial score (nSPS) is 9.94. The maximum absolute atomic E-state index is 12.0. The van der Waals surface area contributed by atoms with Gasteiger partial charge >= 0.3 is 0 Å². The standard InChI is InChI=1S/C11H16N4O2/c1-2-15(6-10(14)16)11(17)7-3-8(12)5-9(13)4-7/h3-5H,2,6,12-13H2,1H3,(H2,14,16). The van der Waals surface area contributed by atoms with E-state index in [1.807, 2.05) is 0 Å². The molecule has 0 aliphatic heterocycles. The summed E-state index contributed by atoms with van der Waals surface area (Å²) < 4.78 is 0. The van der Waals surface area contributed by atoms with Gasteiger partial charge in [-0.15, -0.1) is 0 Å². The van der Waals surface area contributed by atoms with Crippen LogP contribution in [-0.4, -0.2) is 29.8 Å². The molecule has 6 nitrogen and oxygen atoms in total. The zero-order chi connectivity index (χ0) is 13.0. The summed E-state index contributed by atoms with van der Waals surface area (Å²) in [4.78, 5) is 24.2. The smallest absolute Gasteiger partial charge is 0.254 e. The number of primary amides is 1. The monoisotopic (exact) mass is 236 g/mol. The molecule has 0 bridgehead atoms. The van der Waals surface area contributed by atoms with E-state index in [-0.39, 0.29) is 12.5 Å². The average Bonchev–Trinajstić information content (AvgIpc) is 2.23. The van der Waals surface area contributed by atoms with Crippen LogP contribution in [0.25, 0.3) is 0 Å². The van der Waals surface area contributed by atoms with E-state index in [0.717, 1.165) is 0 Å². The third kappa shape index (κ3) is 3.37. The lowest BCUT2D eigenvalue weighted by Crippen LogP contribution is -2.38. The Balaban J connectivity index is 2.97. The number of hydrogen-bond acceptors (Lipinski definition) is 4. The van der Waals surface area contributed by atoms with Gasteiger partial charge in [-0.25, -0.2) is 0 Å². The predicted molar refractivity (Wildman–Crippen MR) is 66.0 cm³/mol. The van der Waals surface area contributed by atoms with Crippen LogP contribution in [0.4, 0.5) is 11.4 Å². The minimum atomic E-state index is -0.558. The SMILES string of the molecule is CCN(CC(N)=O)C(=O)c1cc(N)cc(N)c1. The Hall–Kier alpha value is -2.24. The summed E-state index contributed by atoms with van der Waals surface area (Å²) in [6.45, 7) is 2.02. The molecule has 6 N–H and O–H groups in total. The molecule has 0 saturated carbocycles. The lowest BCUT2D eigenvalue weighted by Gasteiger charge is -2.19. The molecule has 1 rings (SSSR count). The van der Waals surface area contributed by atoms with Gasteiger partial charge in [-0.2, -0.15) is 0 Å². The molecule has 0 unspecified atom stereocenters. The number of carbonyl (C=O) groups is 2. The van der Waals surface area contributed by atoms with Gasteiger partial charge in [-0.1, -0.05) is 0 Å². The molecule has 0 aliphatic carbocycles. The Morgan fingerprint density at radius 2 is 1.71 bits per heavy atom. The van der Waals surface area contributed by atoms with Crippen molar-refractivity contribution in [3.63, 3.8) is 0 Å². The molecule has 0 heterocycles. The third-order valence-corrected chi connectivity index (χ3v) is 2.24. The van der Waals surface area contributed by atoms with E-state index in [0.29, 0.717) is 23.5 Å². The number of carbonyl (C=O) groups excluding carboxylic acids is 2. The van der Waals surface area contributed by atoms with Gasteiger partial charge in [0, 0.05) is 23.5 Å². The molecule has 0 fully saturated rings. The zero-order valence-electron chi connectivity index (χ0n) is 9.64. The quantitative estimate of drug-likeness (QED) is 0.627. The molecule has 0 spiro atoms. The molecule has 1 aromatic rings. The summed E-state index contributed by atoms with van der Waals surface area (Å²) in [6, 6.07) is 4.59. The molecule has 0 saturated heterocycles. The van der Waals surface area contributed by atoms with Crippen molar-refractivity contribution in [2.24, 2.45) is 5.73 Å². The summed E-state index contributed by atoms with van der Waals surface area (Å²) in [5.74, 6) is -0.873. The van der Waals surface area contributed by atoms with Crippen LogP contribution in [0.3, 0.4) is 0 Å². The van der Waals surface area contributed by atoms with Crippen LogP contribution in [-0.2, 0) is 4.79 Å². The Labute approximate surface area is 99.4 Å². The van der Waals surface area contributed by atoms with Crippen molar-refractivity contribution in [1.82, 2.24) is 4.90 Å². The average molecular weight is 236 g/mol. The molecule has 1 aromatic carbocycles. The maximum Gasteiger partial charge on any atom is 0.254 e. The van der Waals surface area contributed by atoms with Crippen molar-refractivity contribution in [1.29, 1.82) is 0 Å². The van der Waals surface area contributed by atoms with E-state index in [1.165, 1.54) is 17.0 Å². The highest BCUT2D eigenvalue weighted by Gasteiger charge is 2.16. The van der Waals surface area contributed by atoms with Gasteiger partial charge < -0.3 is 22.1 Å². The Morgan fingerprint density at radius 1 is 1.18 bits per heavy atom. The highest BCUT2D eigenvalue weighted by atomic mass is 16.2. The number of nitrogens with two attached hydrogens (primary N) is 3. The van der Waals surface area contributed by atoms with Crippen molar-refractivity contribution in [3.05, 3.63) is 23.8 Å². The van der Waals surface area contributed by atoms with Gasteiger partial charge in [-0.3, -0.25) is 9.59 Å². The van der Waals surface area contributed by atoms with Gasteiger partial charge in [0.25, 0.3) is 5.91 Å². The third-order valence-electron chi connectivity index (χ3n) is 2.24. The molecule has 17 heavy (non-hydrogen) atoms.